The summed E-state index contributed by atoms with van der Waals surface area (Å²) in [5, 5.41) is 0.258. The van der Waals surface area contributed by atoms with Crippen LogP contribution in [0.1, 0.15) is 25.7 Å². The van der Waals surface area contributed by atoms with E-state index >= 15 is 0 Å². The third-order valence-corrected chi connectivity index (χ3v) is 3.58. The van der Waals surface area contributed by atoms with Gasteiger partial charge in [0.05, 0.1) is 0 Å². The quantitative estimate of drug-likeness (QED) is 0.749. The molecule has 0 aliphatic carbocycles. The van der Waals surface area contributed by atoms with Crippen LogP contribution < -0.4 is 9.80 Å². The van der Waals surface area contributed by atoms with Gasteiger partial charge in [0.2, 0.25) is 17.2 Å². The lowest BCUT2D eigenvalue weighted by Crippen LogP contribution is -2.32. The molecule has 0 saturated carbocycles. The van der Waals surface area contributed by atoms with Crippen LogP contribution in [0.15, 0.2) is 0 Å². The number of rotatable bonds is 6. The van der Waals surface area contributed by atoms with Gasteiger partial charge in [0.1, 0.15) is 0 Å². The molecule has 1 aromatic rings. The van der Waals surface area contributed by atoms with Crippen LogP contribution in [0.2, 0.25) is 5.28 Å². The Labute approximate surface area is 125 Å². The van der Waals surface area contributed by atoms with Gasteiger partial charge in [-0.05, 0) is 37.3 Å². The molecule has 0 N–H and O–H groups in total. The van der Waals surface area contributed by atoms with Crippen LogP contribution >= 0.6 is 11.6 Å². The summed E-state index contributed by atoms with van der Waals surface area (Å²) in [7, 11) is 3.66. The fourth-order valence-corrected chi connectivity index (χ4v) is 2.43. The predicted molar refractivity (Wildman–Crippen MR) is 80.7 cm³/mol. The zero-order chi connectivity index (χ0) is 14.4. The maximum absolute atomic E-state index is 6.03. The zero-order valence-corrected chi connectivity index (χ0v) is 12.9. The van der Waals surface area contributed by atoms with Crippen LogP contribution in [0.3, 0.4) is 0 Å². The summed E-state index contributed by atoms with van der Waals surface area (Å²) in [6.45, 7) is 3.54. The van der Waals surface area contributed by atoms with E-state index in [0.29, 0.717) is 11.9 Å². The smallest absolute Gasteiger partial charge is 0.231 e. The molecule has 0 amide bonds. The van der Waals surface area contributed by atoms with E-state index in [1.165, 1.54) is 19.3 Å². The van der Waals surface area contributed by atoms with E-state index in [-0.39, 0.29) is 5.28 Å². The molecule has 0 aromatic carbocycles. The predicted octanol–water partition coefficient (Wildman–Crippen LogP) is 1.99. The van der Waals surface area contributed by atoms with Gasteiger partial charge in [0.25, 0.3) is 0 Å². The molecule has 2 rings (SSSR count). The van der Waals surface area contributed by atoms with Gasteiger partial charge >= 0.3 is 0 Å². The first-order chi connectivity index (χ1) is 9.70. The van der Waals surface area contributed by atoms with Crippen molar-refractivity contribution in [3.8, 4) is 0 Å². The van der Waals surface area contributed by atoms with Gasteiger partial charge in [0, 0.05) is 40.4 Å². The first-order valence-electron chi connectivity index (χ1n) is 7.07. The van der Waals surface area contributed by atoms with Crippen molar-refractivity contribution in [2.75, 3.05) is 50.2 Å². The second-order valence-electron chi connectivity index (χ2n) is 5.02. The zero-order valence-electron chi connectivity index (χ0n) is 12.2. The Morgan fingerprint density at radius 3 is 2.65 bits per heavy atom. The molecule has 112 valence electrons. The van der Waals surface area contributed by atoms with Crippen LogP contribution in [0, 0.1) is 0 Å². The summed E-state index contributed by atoms with van der Waals surface area (Å²) >= 11 is 6.03. The van der Waals surface area contributed by atoms with Crippen LogP contribution in [0.25, 0.3) is 0 Å². The number of hydrogen-bond donors (Lipinski definition) is 0. The van der Waals surface area contributed by atoms with E-state index in [2.05, 4.69) is 19.9 Å². The third kappa shape index (κ3) is 4.18. The molecule has 1 aromatic heterocycles. The molecule has 1 fully saturated rings. The molecule has 20 heavy (non-hydrogen) atoms. The van der Waals surface area contributed by atoms with Gasteiger partial charge in [-0.1, -0.05) is 0 Å². The van der Waals surface area contributed by atoms with Gasteiger partial charge in [-0.25, -0.2) is 0 Å². The number of piperidine rings is 1. The number of hydrogen-bond acceptors (Lipinski definition) is 6. The van der Waals surface area contributed by atoms with Gasteiger partial charge in [-0.15, -0.1) is 0 Å². The van der Waals surface area contributed by atoms with Crippen molar-refractivity contribution in [2.45, 2.75) is 25.7 Å². The van der Waals surface area contributed by atoms with Crippen molar-refractivity contribution in [1.29, 1.82) is 0 Å². The summed E-state index contributed by atoms with van der Waals surface area (Å²) in [4.78, 5) is 17.2. The maximum Gasteiger partial charge on any atom is 0.231 e. The number of halogens is 1. The second kappa shape index (κ2) is 7.59. The molecule has 1 saturated heterocycles. The van der Waals surface area contributed by atoms with Crippen molar-refractivity contribution < 1.29 is 4.74 Å². The summed E-state index contributed by atoms with van der Waals surface area (Å²) in [6.07, 6.45) is 4.57. The molecule has 0 spiro atoms. The summed E-state index contributed by atoms with van der Waals surface area (Å²) in [5.74, 6) is 1.32. The number of methoxy groups -OCH3 is 1. The first-order valence-corrected chi connectivity index (χ1v) is 7.45. The molecule has 1 aliphatic heterocycles. The molecule has 7 heteroatoms. The third-order valence-electron chi connectivity index (χ3n) is 3.41. The molecular weight excluding hydrogens is 278 g/mol. The minimum atomic E-state index is 0.258. The molecule has 0 bridgehead atoms. The molecule has 6 nitrogen and oxygen atoms in total. The molecule has 0 radical (unpaired) electrons. The largest absolute Gasteiger partial charge is 0.385 e. The summed E-state index contributed by atoms with van der Waals surface area (Å²) in [5.41, 5.74) is 0. The SMILES string of the molecule is COCCCN(C)c1nc(Cl)nc(N2CCCCC2)n1. The Hall–Kier alpha value is -1.14. The average molecular weight is 300 g/mol. The Balaban J connectivity index is 2.07. The number of ether oxygens (including phenoxy) is 1. The Bertz CT molecular complexity index is 425. The molecule has 0 unspecified atom stereocenters. The topological polar surface area (TPSA) is 54.4 Å². The monoisotopic (exact) mass is 299 g/mol. The lowest BCUT2D eigenvalue weighted by atomic mass is 10.1. The standard InChI is InChI=1S/C13H22ClN5O/c1-18(7-6-10-20-2)12-15-11(14)16-13(17-12)19-8-4-3-5-9-19/h3-10H2,1-2H3. The van der Waals surface area contributed by atoms with Crippen LogP contribution in [-0.4, -0.2) is 55.4 Å². The van der Waals surface area contributed by atoms with E-state index in [1.807, 2.05) is 11.9 Å². The summed E-state index contributed by atoms with van der Waals surface area (Å²) < 4.78 is 5.06. The highest BCUT2D eigenvalue weighted by atomic mass is 35.5. The summed E-state index contributed by atoms with van der Waals surface area (Å²) in [6, 6.07) is 0. The van der Waals surface area contributed by atoms with Crippen molar-refractivity contribution in [2.24, 2.45) is 0 Å². The van der Waals surface area contributed by atoms with Gasteiger partial charge in [-0.3, -0.25) is 0 Å². The normalized spacial score (nSPS) is 15.4. The Morgan fingerprint density at radius 1 is 1.20 bits per heavy atom. The van der Waals surface area contributed by atoms with E-state index in [1.54, 1.807) is 7.11 Å². The number of aromatic nitrogens is 3. The van der Waals surface area contributed by atoms with Gasteiger partial charge in [0.15, 0.2) is 0 Å². The van der Waals surface area contributed by atoms with E-state index in [4.69, 9.17) is 16.3 Å². The van der Waals surface area contributed by atoms with Crippen molar-refractivity contribution in [3.05, 3.63) is 5.28 Å². The van der Waals surface area contributed by atoms with E-state index in [0.717, 1.165) is 32.7 Å². The van der Waals surface area contributed by atoms with Crippen molar-refractivity contribution >= 4 is 23.5 Å². The molecule has 2 heterocycles. The van der Waals surface area contributed by atoms with Crippen LogP contribution in [0.5, 0.6) is 0 Å². The number of anilines is 2. The van der Waals surface area contributed by atoms with Gasteiger partial charge in [-0.2, -0.15) is 15.0 Å². The lowest BCUT2D eigenvalue weighted by molar-refractivity contribution is 0.196. The fraction of sp³-hybridized carbons (Fsp3) is 0.769. The Morgan fingerprint density at radius 2 is 1.95 bits per heavy atom. The highest BCUT2D eigenvalue weighted by Gasteiger charge is 2.17. The molecule has 0 atom stereocenters. The maximum atomic E-state index is 6.03. The fourth-order valence-electron chi connectivity index (χ4n) is 2.28. The lowest BCUT2D eigenvalue weighted by Gasteiger charge is -2.27. The van der Waals surface area contributed by atoms with Crippen LogP contribution in [-0.2, 0) is 4.74 Å². The molecular formula is C13H22ClN5O. The van der Waals surface area contributed by atoms with Crippen LogP contribution in [0.4, 0.5) is 11.9 Å². The van der Waals surface area contributed by atoms with E-state index in [9.17, 15) is 0 Å². The minimum absolute atomic E-state index is 0.258. The minimum Gasteiger partial charge on any atom is -0.385 e. The molecule has 1 aliphatic rings. The van der Waals surface area contributed by atoms with Crippen molar-refractivity contribution in [1.82, 2.24) is 15.0 Å². The van der Waals surface area contributed by atoms with Crippen molar-refractivity contribution in [3.63, 3.8) is 0 Å². The number of nitrogens with zero attached hydrogens (tertiary/aromatic N) is 5. The highest BCUT2D eigenvalue weighted by molar-refractivity contribution is 6.28. The highest BCUT2D eigenvalue weighted by Crippen LogP contribution is 2.19. The average Bonchev–Trinajstić information content (AvgIpc) is 2.47. The second-order valence-corrected chi connectivity index (χ2v) is 5.36. The first kappa shape index (κ1) is 15.3. The Kier molecular flexibility index (Phi) is 5.79. The van der Waals surface area contributed by atoms with Gasteiger partial charge < -0.3 is 14.5 Å². The van der Waals surface area contributed by atoms with E-state index < -0.39 is 0 Å².